The summed E-state index contributed by atoms with van der Waals surface area (Å²) in [6.07, 6.45) is 0.340. The predicted octanol–water partition coefficient (Wildman–Crippen LogP) is 1.17. The molecule has 1 atom stereocenters. The van der Waals surface area contributed by atoms with Gasteiger partial charge in [-0.15, -0.1) is 0 Å². The van der Waals surface area contributed by atoms with Gasteiger partial charge in [-0.1, -0.05) is 0 Å². The molecule has 1 aromatic carbocycles. The number of nitrogens with one attached hydrogen (secondary N) is 2. The van der Waals surface area contributed by atoms with Crippen molar-refractivity contribution in [3.8, 4) is 11.4 Å². The topological polar surface area (TPSA) is 108 Å². The summed E-state index contributed by atoms with van der Waals surface area (Å²) in [5.41, 5.74) is 1.05. The number of H-pyrrole nitrogens is 1. The molecule has 9 heteroatoms. The first-order valence-corrected chi connectivity index (χ1v) is 7.65. The van der Waals surface area contributed by atoms with Gasteiger partial charge in [-0.25, -0.2) is 14.2 Å². The fourth-order valence-electron chi connectivity index (χ4n) is 2.54. The molecule has 1 unspecified atom stereocenters. The van der Waals surface area contributed by atoms with Crippen molar-refractivity contribution in [2.75, 3.05) is 18.0 Å². The van der Waals surface area contributed by atoms with Crippen LogP contribution in [-0.2, 0) is 16.1 Å². The quantitative estimate of drug-likeness (QED) is 0.752. The molecule has 132 valence electrons. The van der Waals surface area contributed by atoms with Crippen molar-refractivity contribution in [1.82, 2.24) is 15.3 Å². The molecule has 1 fully saturated rings. The van der Waals surface area contributed by atoms with Crippen molar-refractivity contribution in [3.05, 3.63) is 35.9 Å². The number of ether oxygens (including phenoxy) is 1. The van der Waals surface area contributed by atoms with Crippen molar-refractivity contribution < 1.29 is 23.8 Å². The molecule has 1 aliphatic heterocycles. The Kier molecular flexibility index (Phi) is 4.66. The van der Waals surface area contributed by atoms with Crippen molar-refractivity contribution in [2.24, 2.45) is 0 Å². The summed E-state index contributed by atoms with van der Waals surface area (Å²) >= 11 is 0. The molecule has 1 aliphatic rings. The van der Waals surface area contributed by atoms with Crippen LogP contribution in [0.15, 0.2) is 24.4 Å². The number of halogens is 1. The van der Waals surface area contributed by atoms with Crippen molar-refractivity contribution in [3.63, 3.8) is 0 Å². The minimum absolute atomic E-state index is 0.203. The summed E-state index contributed by atoms with van der Waals surface area (Å²) in [5.74, 6) is -0.485. The highest BCUT2D eigenvalue weighted by molar-refractivity contribution is 5.90. The molecular weight excluding hydrogens is 331 g/mol. The summed E-state index contributed by atoms with van der Waals surface area (Å²) in [5, 5.41) is 11.6. The molecule has 8 nitrogen and oxygen atoms in total. The number of aromatic nitrogens is 2. The number of benzene rings is 1. The Bertz CT molecular complexity index is 807. The standard InChI is InChI=1S/C16H17FN4O4/c1-9(23)18-6-12-7-21(16(24)25-12)11-2-3-13(14(17)4-11)15-19-5-10(8-22)20-15/h2-5,12,22H,6-8H2,1H3,(H,18,23)(H,19,20). The maximum Gasteiger partial charge on any atom is 0.414 e. The fraction of sp³-hybridized carbons (Fsp3) is 0.312. The Balaban J connectivity index is 1.76. The zero-order valence-electron chi connectivity index (χ0n) is 13.5. The number of nitrogens with zero attached hydrogens (tertiary/aromatic N) is 2. The lowest BCUT2D eigenvalue weighted by atomic mass is 10.1. The number of aliphatic hydroxyl groups is 1. The summed E-state index contributed by atoms with van der Waals surface area (Å²) in [4.78, 5) is 31.0. The van der Waals surface area contributed by atoms with Gasteiger partial charge in [-0.3, -0.25) is 9.69 Å². The van der Waals surface area contributed by atoms with Crippen molar-refractivity contribution in [2.45, 2.75) is 19.6 Å². The van der Waals surface area contributed by atoms with E-state index in [1.165, 1.54) is 30.2 Å². The lowest BCUT2D eigenvalue weighted by molar-refractivity contribution is -0.119. The van der Waals surface area contributed by atoms with Crippen LogP contribution >= 0.6 is 0 Å². The van der Waals surface area contributed by atoms with Crippen LogP contribution in [0.3, 0.4) is 0 Å². The fourth-order valence-corrected chi connectivity index (χ4v) is 2.54. The van der Waals surface area contributed by atoms with Crippen LogP contribution in [-0.4, -0.2) is 46.3 Å². The van der Waals surface area contributed by atoms with Crippen molar-refractivity contribution >= 4 is 17.7 Å². The number of anilines is 1. The normalized spacial score (nSPS) is 16.8. The third-order valence-electron chi connectivity index (χ3n) is 3.77. The molecule has 0 bridgehead atoms. The highest BCUT2D eigenvalue weighted by atomic mass is 19.1. The highest BCUT2D eigenvalue weighted by Crippen LogP contribution is 2.27. The van der Waals surface area contributed by atoms with Gasteiger partial charge in [0.05, 0.1) is 42.8 Å². The molecule has 0 spiro atoms. The van der Waals surface area contributed by atoms with E-state index in [9.17, 15) is 14.0 Å². The minimum Gasteiger partial charge on any atom is -0.442 e. The van der Waals surface area contributed by atoms with E-state index in [1.54, 1.807) is 6.07 Å². The number of cyclic esters (lactones) is 1. The molecule has 3 N–H and O–H groups in total. The third-order valence-corrected chi connectivity index (χ3v) is 3.77. The second-order valence-corrected chi connectivity index (χ2v) is 5.63. The first kappa shape index (κ1) is 16.9. The molecule has 0 radical (unpaired) electrons. The van der Waals surface area contributed by atoms with Gasteiger partial charge >= 0.3 is 6.09 Å². The van der Waals surface area contributed by atoms with E-state index in [4.69, 9.17) is 9.84 Å². The summed E-state index contributed by atoms with van der Waals surface area (Å²) in [6.45, 7) is 1.57. The zero-order valence-corrected chi connectivity index (χ0v) is 13.5. The molecule has 3 rings (SSSR count). The molecule has 25 heavy (non-hydrogen) atoms. The summed E-state index contributed by atoms with van der Waals surface area (Å²) in [7, 11) is 0. The summed E-state index contributed by atoms with van der Waals surface area (Å²) in [6, 6.07) is 4.30. The van der Waals surface area contributed by atoms with Crippen LogP contribution < -0.4 is 10.2 Å². The number of rotatable bonds is 5. The van der Waals surface area contributed by atoms with Gasteiger partial charge in [0, 0.05) is 6.92 Å². The summed E-state index contributed by atoms with van der Waals surface area (Å²) < 4.78 is 19.6. The Labute approximate surface area is 142 Å². The maximum atomic E-state index is 14.4. The van der Waals surface area contributed by atoms with Gasteiger partial charge in [0.25, 0.3) is 0 Å². The van der Waals surface area contributed by atoms with Crippen LogP contribution in [0.25, 0.3) is 11.4 Å². The Hall–Kier alpha value is -2.94. The van der Waals surface area contributed by atoms with Crippen LogP contribution in [0.2, 0.25) is 0 Å². The molecule has 2 amide bonds. The minimum atomic E-state index is -0.594. The van der Waals surface area contributed by atoms with Crippen molar-refractivity contribution in [1.29, 1.82) is 0 Å². The number of amides is 2. The van der Waals surface area contributed by atoms with E-state index >= 15 is 0 Å². The SMILES string of the molecule is CC(=O)NCC1CN(c2ccc(-c3ncc(CO)[nH]3)c(F)c2)C(=O)O1. The Morgan fingerprint density at radius 2 is 2.36 bits per heavy atom. The number of aromatic amines is 1. The van der Waals surface area contributed by atoms with E-state index in [0.717, 1.165) is 0 Å². The average molecular weight is 348 g/mol. The van der Waals surface area contributed by atoms with Crippen LogP contribution in [0.4, 0.5) is 14.9 Å². The molecule has 1 aromatic heterocycles. The molecule has 2 aromatic rings. The lowest BCUT2D eigenvalue weighted by Crippen LogP contribution is -2.33. The predicted molar refractivity (Wildman–Crippen MR) is 86.2 cm³/mol. The van der Waals surface area contributed by atoms with Gasteiger partial charge in [0.2, 0.25) is 5.91 Å². The maximum absolute atomic E-state index is 14.4. The van der Waals surface area contributed by atoms with E-state index < -0.39 is 18.0 Å². The van der Waals surface area contributed by atoms with Crippen LogP contribution in [0, 0.1) is 5.82 Å². The lowest BCUT2D eigenvalue weighted by Gasteiger charge is -2.14. The van der Waals surface area contributed by atoms with Gasteiger partial charge in [-0.2, -0.15) is 0 Å². The number of aliphatic hydroxyl groups excluding tert-OH is 1. The van der Waals surface area contributed by atoms with E-state index in [0.29, 0.717) is 17.2 Å². The Morgan fingerprint density at radius 1 is 1.56 bits per heavy atom. The van der Waals surface area contributed by atoms with Gasteiger partial charge in [-0.05, 0) is 18.2 Å². The highest BCUT2D eigenvalue weighted by Gasteiger charge is 2.32. The molecular formula is C16H17FN4O4. The first-order chi connectivity index (χ1) is 12.0. The smallest absolute Gasteiger partial charge is 0.414 e. The molecule has 2 heterocycles. The second-order valence-electron chi connectivity index (χ2n) is 5.63. The van der Waals surface area contributed by atoms with Crippen LogP contribution in [0.5, 0.6) is 0 Å². The number of hydrogen-bond donors (Lipinski definition) is 3. The monoisotopic (exact) mass is 348 g/mol. The van der Waals surface area contributed by atoms with Gasteiger partial charge in [0.15, 0.2) is 0 Å². The Morgan fingerprint density at radius 3 is 3.00 bits per heavy atom. The third kappa shape index (κ3) is 3.61. The van der Waals surface area contributed by atoms with Crippen LogP contribution in [0.1, 0.15) is 12.6 Å². The average Bonchev–Trinajstić information content (AvgIpc) is 3.19. The number of carbonyl (C=O) groups excluding carboxylic acids is 2. The van der Waals surface area contributed by atoms with E-state index in [1.807, 2.05) is 0 Å². The first-order valence-electron chi connectivity index (χ1n) is 7.65. The number of imidazole rings is 1. The van der Waals surface area contributed by atoms with E-state index in [2.05, 4.69) is 15.3 Å². The molecule has 1 saturated heterocycles. The van der Waals surface area contributed by atoms with Gasteiger partial charge < -0.3 is 20.1 Å². The molecule has 0 aliphatic carbocycles. The number of carbonyl (C=O) groups is 2. The van der Waals surface area contributed by atoms with Gasteiger partial charge in [0.1, 0.15) is 17.7 Å². The second kappa shape index (κ2) is 6.89. The number of hydrogen-bond acceptors (Lipinski definition) is 5. The largest absolute Gasteiger partial charge is 0.442 e. The zero-order chi connectivity index (χ0) is 18.0. The van der Waals surface area contributed by atoms with E-state index in [-0.39, 0.29) is 31.2 Å². The molecule has 0 saturated carbocycles.